The van der Waals surface area contributed by atoms with E-state index in [9.17, 15) is 4.79 Å². The molecule has 7 heteroatoms. The second-order valence-corrected chi connectivity index (χ2v) is 21.8. The van der Waals surface area contributed by atoms with Gasteiger partial charge in [0.2, 0.25) is 0 Å². The molecule has 2 aliphatic heterocycles. The zero-order valence-electron chi connectivity index (χ0n) is 47.4. The summed E-state index contributed by atoms with van der Waals surface area (Å²) in [5.74, 6) is 0.0655. The van der Waals surface area contributed by atoms with Crippen LogP contribution in [0.4, 0.5) is 0 Å². The molecule has 0 radical (unpaired) electrons. The molecule has 1 unspecified atom stereocenters. The molecule has 0 spiro atoms. The van der Waals surface area contributed by atoms with Crippen LogP contribution >= 0.6 is 0 Å². The van der Waals surface area contributed by atoms with Crippen LogP contribution < -0.4 is 5.32 Å². The number of hydrogen-bond acceptors (Lipinski definition) is 7. The molecule has 0 bridgehead atoms. The number of nitrogens with one attached hydrogen (secondary N) is 1. The lowest BCUT2D eigenvalue weighted by molar-refractivity contribution is 0.0840. The summed E-state index contributed by atoms with van der Waals surface area (Å²) < 4.78 is 0. The first-order valence-corrected chi connectivity index (χ1v) is 29.4. The van der Waals surface area contributed by atoms with Crippen molar-refractivity contribution in [3.63, 3.8) is 0 Å². The topological polar surface area (TPSA) is 64.6 Å². The molecule has 2 aromatic heterocycles. The molecule has 8 aromatic carbocycles. The largest absolute Gasteiger partial charge is 0.317 e. The Morgan fingerprint density at radius 1 is 0.481 bits per heavy atom. The Morgan fingerprint density at radius 3 is 1.33 bits per heavy atom. The molecule has 12 rings (SSSR count). The molecule has 0 saturated carbocycles. The van der Waals surface area contributed by atoms with E-state index in [4.69, 9.17) is 4.98 Å². The predicted molar refractivity (Wildman–Crippen MR) is 337 cm³/mol. The second-order valence-electron chi connectivity index (χ2n) is 21.8. The number of ketones is 1. The smallest absolute Gasteiger partial charge is 0.160 e. The molecular weight excluding hydrogens is 989 g/mol. The van der Waals surface area contributed by atoms with Crippen LogP contribution in [0, 0.1) is 0 Å². The van der Waals surface area contributed by atoms with Crippen LogP contribution in [-0.2, 0) is 25.9 Å². The number of piperidine rings is 2. The monoisotopic (exact) mass is 1070 g/mol. The van der Waals surface area contributed by atoms with Crippen LogP contribution in [0.5, 0.6) is 0 Å². The van der Waals surface area contributed by atoms with E-state index >= 15 is 0 Å². The van der Waals surface area contributed by atoms with Gasteiger partial charge >= 0.3 is 0 Å². The molecule has 1 N–H and O–H groups in total. The van der Waals surface area contributed by atoms with Gasteiger partial charge < -0.3 is 5.32 Å². The minimum Gasteiger partial charge on any atom is -0.317 e. The first kappa shape index (κ1) is 56.4. The van der Waals surface area contributed by atoms with Crippen molar-refractivity contribution >= 4 is 27.6 Å². The third kappa shape index (κ3) is 15.7. The van der Waals surface area contributed by atoms with E-state index in [0.29, 0.717) is 18.1 Å². The first-order chi connectivity index (χ1) is 39.9. The number of pyridine rings is 2. The Labute approximate surface area is 481 Å². The number of benzene rings is 8. The maximum Gasteiger partial charge on any atom is 0.160 e. The number of likely N-dealkylation sites (tertiary alicyclic amines) is 1. The number of rotatable bonds is 17. The lowest BCUT2D eigenvalue weighted by Crippen LogP contribution is -2.46. The third-order valence-corrected chi connectivity index (χ3v) is 16.3. The SMILES string of the molecule is CC(=O)c1cc(-c2ccccc2)nc2ccccc12.CC(c1cc(-c2ccccc2)nc2ccccc12)N1CCC(N(CCc2ccccc2)Cc2ccccc2)CC1.c1ccc(CCN(Cc2ccccc2)C2CCNCC2)cc1. The van der Waals surface area contributed by atoms with Gasteiger partial charge in [-0.15, -0.1) is 0 Å². The Morgan fingerprint density at radius 2 is 0.864 bits per heavy atom. The Hall–Kier alpha value is -7.91. The van der Waals surface area contributed by atoms with Gasteiger partial charge in [-0.1, -0.05) is 218 Å². The number of nitrogens with zero attached hydrogens (tertiary/aromatic N) is 5. The molecule has 410 valence electrons. The second kappa shape index (κ2) is 29.0. The van der Waals surface area contributed by atoms with Crippen LogP contribution in [0.3, 0.4) is 0 Å². The maximum atomic E-state index is 11.8. The predicted octanol–water partition coefficient (Wildman–Crippen LogP) is 15.8. The molecule has 4 heterocycles. The van der Waals surface area contributed by atoms with Gasteiger partial charge in [0.1, 0.15) is 0 Å². The van der Waals surface area contributed by atoms with Gasteiger partial charge in [-0.05, 0) is 118 Å². The molecule has 10 aromatic rings. The van der Waals surface area contributed by atoms with Gasteiger partial charge in [0.25, 0.3) is 0 Å². The first-order valence-electron chi connectivity index (χ1n) is 29.4. The fourth-order valence-electron chi connectivity index (χ4n) is 11.8. The lowest BCUT2D eigenvalue weighted by atomic mass is 9.95. The summed E-state index contributed by atoms with van der Waals surface area (Å²) >= 11 is 0. The number of aromatic nitrogens is 2. The van der Waals surface area contributed by atoms with Gasteiger partial charge in [0.15, 0.2) is 5.78 Å². The number of para-hydroxylation sites is 2. The minimum atomic E-state index is 0.0655. The lowest BCUT2D eigenvalue weighted by Gasteiger charge is -2.41. The summed E-state index contributed by atoms with van der Waals surface area (Å²) in [5.41, 5.74) is 13.8. The van der Waals surface area contributed by atoms with Crippen molar-refractivity contribution in [2.45, 2.75) is 83.6 Å². The molecule has 2 aliphatic rings. The van der Waals surface area contributed by atoms with Crippen LogP contribution in [0.2, 0.25) is 0 Å². The Bertz CT molecular complexity index is 3480. The van der Waals surface area contributed by atoms with E-state index in [1.54, 1.807) is 6.92 Å². The number of hydrogen-bond donors (Lipinski definition) is 1. The highest BCUT2D eigenvalue weighted by molar-refractivity contribution is 6.07. The minimum absolute atomic E-state index is 0.0655. The number of carbonyl (C=O) groups is 1. The van der Waals surface area contributed by atoms with Crippen molar-refractivity contribution in [1.29, 1.82) is 0 Å². The van der Waals surface area contributed by atoms with Crippen LogP contribution in [0.25, 0.3) is 44.3 Å². The fourth-order valence-corrected chi connectivity index (χ4v) is 11.8. The number of carbonyl (C=O) groups excluding carboxylic acids is 1. The standard InChI is InChI=1S/C37H39N3.C20H26N2.C17H13NO/c1-29(35-27-37(32-17-9-4-10-18-32)38-36-20-12-11-19-34(35)36)39-25-22-33(23-26-39)40(28-31-15-7-3-8-16-31)24-21-30-13-5-2-6-14-30;1-3-7-18(8-4-1)13-16-22(20-11-14-21-15-12-20)17-19-9-5-2-6-10-19;1-12(19)15-11-17(13-7-3-2-4-8-13)18-16-10-6-5-9-14(15)16/h2-20,27,29,33H,21-26,28H2,1H3;1-10,20-21H,11-17H2;2-11H,1H3. The average molecular weight is 1070 g/mol. The Balaban J connectivity index is 0.000000151. The zero-order valence-corrected chi connectivity index (χ0v) is 47.4. The Kier molecular flexibility index (Phi) is 20.2. The summed E-state index contributed by atoms with van der Waals surface area (Å²) in [6.07, 6.45) is 7.15. The van der Waals surface area contributed by atoms with Gasteiger partial charge in [-0.25, -0.2) is 9.97 Å². The normalized spacial score (nSPS) is 14.5. The summed E-state index contributed by atoms with van der Waals surface area (Å²) in [6, 6.07) is 86.4. The van der Waals surface area contributed by atoms with Crippen LogP contribution in [0.15, 0.2) is 243 Å². The van der Waals surface area contributed by atoms with Crippen molar-refractivity contribution in [2.24, 2.45) is 0 Å². The van der Waals surface area contributed by atoms with Crippen molar-refractivity contribution in [3.05, 3.63) is 276 Å². The van der Waals surface area contributed by atoms with E-state index in [1.165, 1.54) is 64.5 Å². The van der Waals surface area contributed by atoms with Crippen molar-refractivity contribution in [3.8, 4) is 22.5 Å². The van der Waals surface area contributed by atoms with Gasteiger partial charge in [0, 0.05) is 84.9 Å². The van der Waals surface area contributed by atoms with E-state index in [2.05, 4.69) is 214 Å². The van der Waals surface area contributed by atoms with Crippen molar-refractivity contribution in [1.82, 2.24) is 30.0 Å². The fraction of sp³-hybridized carbons (Fsp3) is 0.257. The molecule has 0 amide bonds. The quantitative estimate of drug-likeness (QED) is 0.0912. The average Bonchev–Trinajstić information content (AvgIpc) is 3.55. The molecule has 7 nitrogen and oxygen atoms in total. The van der Waals surface area contributed by atoms with Gasteiger partial charge in [-0.2, -0.15) is 0 Å². The van der Waals surface area contributed by atoms with Crippen LogP contribution in [-0.4, -0.2) is 81.8 Å². The number of fused-ring (bicyclic) bond motifs is 2. The maximum absolute atomic E-state index is 11.8. The third-order valence-electron chi connectivity index (χ3n) is 16.3. The summed E-state index contributed by atoms with van der Waals surface area (Å²) in [4.78, 5) is 29.6. The van der Waals surface area contributed by atoms with Gasteiger partial charge in [0.05, 0.1) is 22.4 Å². The number of Topliss-reactive ketones (excluding diaryl/α,β-unsaturated/α-hetero) is 1. The highest BCUT2D eigenvalue weighted by Gasteiger charge is 2.29. The zero-order chi connectivity index (χ0) is 55.4. The summed E-state index contributed by atoms with van der Waals surface area (Å²) in [5, 5.41) is 5.66. The van der Waals surface area contributed by atoms with E-state index in [1.807, 2.05) is 60.7 Å². The van der Waals surface area contributed by atoms with E-state index in [0.717, 1.165) is 104 Å². The van der Waals surface area contributed by atoms with E-state index in [-0.39, 0.29) is 5.78 Å². The van der Waals surface area contributed by atoms with E-state index < -0.39 is 0 Å². The van der Waals surface area contributed by atoms with Crippen molar-refractivity contribution < 1.29 is 4.79 Å². The summed E-state index contributed by atoms with van der Waals surface area (Å²) in [6.45, 7) is 12.8. The molecule has 81 heavy (non-hydrogen) atoms. The summed E-state index contributed by atoms with van der Waals surface area (Å²) in [7, 11) is 0. The highest BCUT2D eigenvalue weighted by Crippen LogP contribution is 2.34. The molecule has 1 atom stereocenters. The molecular formula is C74H78N6O. The van der Waals surface area contributed by atoms with Crippen molar-refractivity contribution in [2.75, 3.05) is 39.3 Å². The van der Waals surface area contributed by atoms with Crippen LogP contribution in [0.1, 0.15) is 83.7 Å². The molecule has 2 saturated heterocycles. The molecule has 2 fully saturated rings. The molecule has 0 aliphatic carbocycles. The van der Waals surface area contributed by atoms with Gasteiger partial charge in [-0.3, -0.25) is 19.5 Å². The highest BCUT2D eigenvalue weighted by atomic mass is 16.1.